The second kappa shape index (κ2) is 11.5. The van der Waals surface area contributed by atoms with Crippen LogP contribution in [0.15, 0.2) is 54.0 Å². The molecule has 1 aromatic carbocycles. The first-order valence-corrected chi connectivity index (χ1v) is 13.0. The molecule has 0 unspecified atom stereocenters. The fourth-order valence-corrected chi connectivity index (χ4v) is 4.97. The largest absolute Gasteiger partial charge is 0.394 e. The summed E-state index contributed by atoms with van der Waals surface area (Å²) >= 11 is 1.53. The highest BCUT2D eigenvalue weighted by molar-refractivity contribution is 7.13. The first-order chi connectivity index (χ1) is 17.4. The van der Waals surface area contributed by atoms with Crippen LogP contribution in [-0.4, -0.2) is 43.9 Å². The summed E-state index contributed by atoms with van der Waals surface area (Å²) in [6, 6.07) is 13.0. The zero-order valence-corrected chi connectivity index (χ0v) is 21.5. The predicted octanol–water partition coefficient (Wildman–Crippen LogP) is 4.09. The summed E-state index contributed by atoms with van der Waals surface area (Å²) < 4.78 is 1.66. The fraction of sp³-hybridized carbons (Fsp3) is 0.333. The smallest absolute Gasteiger partial charge is 0.270 e. The van der Waals surface area contributed by atoms with E-state index in [9.17, 15) is 14.7 Å². The molecule has 188 valence electrons. The van der Waals surface area contributed by atoms with Crippen molar-refractivity contribution in [3.05, 3.63) is 76.7 Å². The third kappa shape index (κ3) is 5.63. The third-order valence-corrected chi connectivity index (χ3v) is 6.77. The van der Waals surface area contributed by atoms with Gasteiger partial charge in [0.05, 0.1) is 36.1 Å². The Bertz CT molecular complexity index is 1350. The van der Waals surface area contributed by atoms with Crippen molar-refractivity contribution in [1.29, 1.82) is 0 Å². The van der Waals surface area contributed by atoms with E-state index >= 15 is 0 Å². The van der Waals surface area contributed by atoms with Gasteiger partial charge in [0.2, 0.25) is 0 Å². The van der Waals surface area contributed by atoms with Gasteiger partial charge in [-0.25, -0.2) is 9.97 Å². The van der Waals surface area contributed by atoms with Crippen molar-refractivity contribution in [2.75, 3.05) is 6.61 Å². The molecule has 3 heterocycles. The summed E-state index contributed by atoms with van der Waals surface area (Å²) in [7, 11) is 0. The molecule has 8 nitrogen and oxygen atoms in total. The monoisotopic (exact) mass is 505 g/mol. The van der Waals surface area contributed by atoms with Gasteiger partial charge in [0.15, 0.2) is 5.65 Å². The lowest BCUT2D eigenvalue weighted by molar-refractivity contribution is 0.0899. The molecule has 0 spiro atoms. The quantitative estimate of drug-likeness (QED) is 0.301. The average Bonchev–Trinajstić information content (AvgIpc) is 3.51. The van der Waals surface area contributed by atoms with Gasteiger partial charge in [-0.05, 0) is 30.9 Å². The highest BCUT2D eigenvalue weighted by Crippen LogP contribution is 2.23. The molecule has 4 rings (SSSR count). The Morgan fingerprint density at radius 1 is 1.08 bits per heavy atom. The highest BCUT2D eigenvalue weighted by atomic mass is 32.1. The SMILES string of the molecule is CCc1nc2c(C(=O)NCc3csc(-c4ccccc4)n3)cccn2c1C(=O)N[C@H](CO)CC(C)C. The van der Waals surface area contributed by atoms with Crippen LogP contribution >= 0.6 is 11.3 Å². The fourth-order valence-electron chi connectivity index (χ4n) is 4.15. The maximum Gasteiger partial charge on any atom is 0.270 e. The molecule has 0 aliphatic rings. The van der Waals surface area contributed by atoms with Crippen molar-refractivity contribution in [2.45, 2.75) is 46.2 Å². The molecule has 0 saturated heterocycles. The number of aliphatic hydroxyl groups is 1. The van der Waals surface area contributed by atoms with Crippen LogP contribution in [0.1, 0.15) is 59.4 Å². The Balaban J connectivity index is 1.54. The van der Waals surface area contributed by atoms with Crippen LogP contribution in [0.5, 0.6) is 0 Å². The number of pyridine rings is 1. The molecular formula is C27H31N5O3S. The van der Waals surface area contributed by atoms with Crippen molar-refractivity contribution in [2.24, 2.45) is 5.92 Å². The number of aryl methyl sites for hydroxylation is 1. The lowest BCUT2D eigenvalue weighted by atomic mass is 10.0. The number of thiazole rings is 1. The molecule has 1 atom stereocenters. The van der Waals surface area contributed by atoms with Gasteiger partial charge in [0.25, 0.3) is 11.8 Å². The molecular weight excluding hydrogens is 474 g/mol. The minimum absolute atomic E-state index is 0.141. The summed E-state index contributed by atoms with van der Waals surface area (Å²) in [5, 5.41) is 18.4. The summed E-state index contributed by atoms with van der Waals surface area (Å²) in [6.07, 6.45) is 2.92. The molecule has 0 fully saturated rings. The number of carbonyl (C=O) groups excluding carboxylic acids is 2. The zero-order chi connectivity index (χ0) is 25.7. The van der Waals surface area contributed by atoms with Gasteiger partial charge >= 0.3 is 0 Å². The number of benzene rings is 1. The van der Waals surface area contributed by atoms with Crippen LogP contribution < -0.4 is 10.6 Å². The number of amides is 2. The van der Waals surface area contributed by atoms with Crippen molar-refractivity contribution in [3.63, 3.8) is 0 Å². The van der Waals surface area contributed by atoms with Crippen molar-refractivity contribution in [1.82, 2.24) is 25.0 Å². The topological polar surface area (TPSA) is 109 Å². The number of fused-ring (bicyclic) bond motifs is 1. The van der Waals surface area contributed by atoms with E-state index in [2.05, 4.69) is 20.6 Å². The average molecular weight is 506 g/mol. The number of hydrogen-bond donors (Lipinski definition) is 3. The Kier molecular flexibility index (Phi) is 8.12. The van der Waals surface area contributed by atoms with E-state index in [1.54, 1.807) is 22.7 Å². The molecule has 36 heavy (non-hydrogen) atoms. The zero-order valence-electron chi connectivity index (χ0n) is 20.7. The van der Waals surface area contributed by atoms with Gasteiger partial charge in [-0.1, -0.05) is 51.1 Å². The normalized spacial score (nSPS) is 12.1. The first-order valence-electron chi connectivity index (χ1n) is 12.1. The minimum Gasteiger partial charge on any atom is -0.394 e. The van der Waals surface area contributed by atoms with E-state index in [1.165, 1.54) is 11.3 Å². The second-order valence-electron chi connectivity index (χ2n) is 9.05. The standard InChI is InChI=1S/C27H31N5O3S/c1-4-22-23(26(35)29-19(15-33)13-17(2)3)32-12-8-11-21(24(32)31-22)25(34)28-14-20-16-36-27(30-20)18-9-6-5-7-10-18/h5-12,16-17,19,33H,4,13-15H2,1-3H3,(H,28,34)(H,29,35)/t19-/m0/s1. The summed E-state index contributed by atoms with van der Waals surface area (Å²) in [4.78, 5) is 35.5. The molecule has 0 aliphatic carbocycles. The summed E-state index contributed by atoms with van der Waals surface area (Å²) in [5.74, 6) is -0.276. The van der Waals surface area contributed by atoms with E-state index < -0.39 is 0 Å². The molecule has 3 N–H and O–H groups in total. The van der Waals surface area contributed by atoms with Crippen LogP contribution in [0.4, 0.5) is 0 Å². The number of nitrogens with one attached hydrogen (secondary N) is 2. The van der Waals surface area contributed by atoms with Crippen molar-refractivity contribution >= 4 is 28.8 Å². The van der Waals surface area contributed by atoms with Gasteiger partial charge in [-0.3, -0.25) is 14.0 Å². The third-order valence-electron chi connectivity index (χ3n) is 5.83. The molecule has 0 bridgehead atoms. The lowest BCUT2D eigenvalue weighted by Gasteiger charge is -2.18. The maximum atomic E-state index is 13.2. The maximum absolute atomic E-state index is 13.2. The highest BCUT2D eigenvalue weighted by Gasteiger charge is 2.24. The number of carbonyl (C=O) groups is 2. The number of rotatable bonds is 10. The lowest BCUT2D eigenvalue weighted by Crippen LogP contribution is -2.39. The summed E-state index contributed by atoms with van der Waals surface area (Å²) in [5.41, 5.74) is 3.60. The van der Waals surface area contributed by atoms with Crippen LogP contribution in [0, 0.1) is 5.92 Å². The number of imidazole rings is 1. The predicted molar refractivity (Wildman–Crippen MR) is 141 cm³/mol. The Morgan fingerprint density at radius 2 is 1.86 bits per heavy atom. The molecule has 3 aromatic heterocycles. The molecule has 4 aromatic rings. The Labute approximate surface area is 214 Å². The number of hydrogen-bond acceptors (Lipinski definition) is 6. The molecule has 2 amide bonds. The van der Waals surface area contributed by atoms with E-state index in [1.807, 2.05) is 56.5 Å². The van der Waals surface area contributed by atoms with Gasteiger partial charge in [-0.2, -0.15) is 0 Å². The van der Waals surface area contributed by atoms with Gasteiger partial charge in [0, 0.05) is 17.1 Å². The summed E-state index contributed by atoms with van der Waals surface area (Å²) in [6.45, 7) is 6.14. The van der Waals surface area contributed by atoms with Gasteiger partial charge in [-0.15, -0.1) is 11.3 Å². The molecule has 0 saturated carbocycles. The van der Waals surface area contributed by atoms with E-state index in [0.717, 1.165) is 16.3 Å². The number of nitrogens with zero attached hydrogens (tertiary/aromatic N) is 3. The molecule has 0 radical (unpaired) electrons. The second-order valence-corrected chi connectivity index (χ2v) is 9.91. The van der Waals surface area contributed by atoms with Crippen LogP contribution in [0.2, 0.25) is 0 Å². The molecule has 9 heteroatoms. The van der Waals surface area contributed by atoms with Crippen molar-refractivity contribution < 1.29 is 14.7 Å². The minimum atomic E-state index is -0.349. The van der Waals surface area contributed by atoms with E-state index in [4.69, 9.17) is 0 Å². The van der Waals surface area contributed by atoms with Crippen molar-refractivity contribution in [3.8, 4) is 10.6 Å². The number of aromatic nitrogens is 3. The van der Waals surface area contributed by atoms with E-state index in [0.29, 0.717) is 41.4 Å². The van der Waals surface area contributed by atoms with Crippen LogP contribution in [0.25, 0.3) is 16.2 Å². The van der Waals surface area contributed by atoms with E-state index in [-0.39, 0.29) is 31.0 Å². The number of aliphatic hydroxyl groups excluding tert-OH is 1. The van der Waals surface area contributed by atoms with Gasteiger partial charge in [0.1, 0.15) is 10.7 Å². The first kappa shape index (κ1) is 25.5. The molecule has 0 aliphatic heterocycles. The Hall–Kier alpha value is -3.56. The Morgan fingerprint density at radius 3 is 2.56 bits per heavy atom. The van der Waals surface area contributed by atoms with Crippen LogP contribution in [0.3, 0.4) is 0 Å². The van der Waals surface area contributed by atoms with Gasteiger partial charge < -0.3 is 15.7 Å². The van der Waals surface area contributed by atoms with Crippen LogP contribution in [-0.2, 0) is 13.0 Å².